The topological polar surface area (TPSA) is 69.2 Å². The van der Waals surface area contributed by atoms with Crippen molar-refractivity contribution in [2.75, 3.05) is 0 Å². The van der Waals surface area contributed by atoms with Crippen LogP contribution in [0.3, 0.4) is 0 Å². The zero-order valence-corrected chi connectivity index (χ0v) is 11.0. The number of hydrogen-bond acceptors (Lipinski definition) is 4. The standard InChI is InChI=1S/C14H14N2O3/c1-9-4-5-10(2)12(8-9)6-7-13-14(16(17)18)11(3)19-15-13/h4-8H,1-3H3/b7-6+. The Morgan fingerprint density at radius 3 is 2.68 bits per heavy atom. The zero-order chi connectivity index (χ0) is 14.0. The molecule has 0 spiro atoms. The van der Waals surface area contributed by atoms with Crippen molar-refractivity contribution in [1.29, 1.82) is 0 Å². The molecule has 0 aliphatic rings. The lowest BCUT2D eigenvalue weighted by Crippen LogP contribution is -1.90. The molecule has 1 heterocycles. The van der Waals surface area contributed by atoms with Crippen LogP contribution in [0, 0.1) is 30.9 Å². The largest absolute Gasteiger partial charge is 0.354 e. The Kier molecular flexibility index (Phi) is 3.46. The molecule has 5 nitrogen and oxygen atoms in total. The highest BCUT2D eigenvalue weighted by molar-refractivity contribution is 5.73. The molecule has 0 atom stereocenters. The Labute approximate surface area is 110 Å². The highest BCUT2D eigenvalue weighted by Gasteiger charge is 2.21. The minimum atomic E-state index is -0.478. The molecule has 0 unspecified atom stereocenters. The van der Waals surface area contributed by atoms with Crippen molar-refractivity contribution in [2.24, 2.45) is 0 Å². The van der Waals surface area contributed by atoms with Gasteiger partial charge in [-0.3, -0.25) is 10.1 Å². The summed E-state index contributed by atoms with van der Waals surface area (Å²) in [4.78, 5) is 10.4. The van der Waals surface area contributed by atoms with Crippen LogP contribution in [-0.2, 0) is 0 Å². The molecular weight excluding hydrogens is 244 g/mol. The van der Waals surface area contributed by atoms with Gasteiger partial charge in [0.2, 0.25) is 5.76 Å². The molecule has 0 radical (unpaired) electrons. The van der Waals surface area contributed by atoms with E-state index in [2.05, 4.69) is 5.16 Å². The van der Waals surface area contributed by atoms with E-state index in [0.717, 1.165) is 16.7 Å². The predicted octanol–water partition coefficient (Wildman–Crippen LogP) is 3.68. The molecule has 0 saturated heterocycles. The lowest BCUT2D eigenvalue weighted by molar-refractivity contribution is -0.386. The minimum Gasteiger partial charge on any atom is -0.354 e. The molecular formula is C14H14N2O3. The van der Waals surface area contributed by atoms with Crippen LogP contribution in [0.25, 0.3) is 12.2 Å². The first-order valence-electron chi connectivity index (χ1n) is 5.85. The molecule has 0 aliphatic heterocycles. The minimum absolute atomic E-state index is 0.0819. The molecule has 0 amide bonds. The first-order chi connectivity index (χ1) is 8.99. The number of hydrogen-bond donors (Lipinski definition) is 0. The maximum atomic E-state index is 10.9. The van der Waals surface area contributed by atoms with Crippen LogP contribution in [-0.4, -0.2) is 10.1 Å². The summed E-state index contributed by atoms with van der Waals surface area (Å²) in [5, 5.41) is 14.6. The lowest BCUT2D eigenvalue weighted by atomic mass is 10.0. The third-order valence-corrected chi connectivity index (χ3v) is 2.90. The second kappa shape index (κ2) is 5.06. The van der Waals surface area contributed by atoms with E-state index in [1.54, 1.807) is 6.08 Å². The molecule has 0 fully saturated rings. The van der Waals surface area contributed by atoms with Crippen molar-refractivity contribution in [3.05, 3.63) is 56.5 Å². The van der Waals surface area contributed by atoms with Crippen molar-refractivity contribution >= 4 is 17.8 Å². The first-order valence-corrected chi connectivity index (χ1v) is 5.85. The third kappa shape index (κ3) is 2.70. The van der Waals surface area contributed by atoms with Crippen LogP contribution in [0.15, 0.2) is 22.7 Å². The van der Waals surface area contributed by atoms with Crippen molar-refractivity contribution in [3.63, 3.8) is 0 Å². The molecule has 19 heavy (non-hydrogen) atoms. The van der Waals surface area contributed by atoms with E-state index in [0.29, 0.717) is 0 Å². The van der Waals surface area contributed by atoms with E-state index in [1.807, 2.05) is 38.1 Å². The first kappa shape index (κ1) is 13.0. The van der Waals surface area contributed by atoms with Crippen LogP contribution in [0.4, 0.5) is 5.69 Å². The summed E-state index contributed by atoms with van der Waals surface area (Å²) < 4.78 is 4.86. The average Bonchev–Trinajstić information content (AvgIpc) is 2.72. The van der Waals surface area contributed by atoms with E-state index in [-0.39, 0.29) is 17.1 Å². The molecule has 1 aromatic heterocycles. The van der Waals surface area contributed by atoms with Crippen LogP contribution in [0.5, 0.6) is 0 Å². The van der Waals surface area contributed by atoms with E-state index >= 15 is 0 Å². The van der Waals surface area contributed by atoms with Gasteiger partial charge < -0.3 is 4.52 Å². The maximum Gasteiger partial charge on any atom is 0.338 e. The monoisotopic (exact) mass is 258 g/mol. The Balaban J connectivity index is 2.38. The number of nitro groups is 1. The van der Waals surface area contributed by atoms with Gasteiger partial charge in [-0.15, -0.1) is 0 Å². The van der Waals surface area contributed by atoms with Gasteiger partial charge in [0.15, 0.2) is 5.69 Å². The molecule has 2 aromatic rings. The van der Waals surface area contributed by atoms with Crippen LogP contribution in [0.1, 0.15) is 28.1 Å². The Morgan fingerprint density at radius 1 is 1.26 bits per heavy atom. The van der Waals surface area contributed by atoms with E-state index < -0.39 is 4.92 Å². The number of benzene rings is 1. The SMILES string of the molecule is Cc1ccc(C)c(/C=C/c2noc(C)c2[N+](=O)[O-])c1. The van der Waals surface area contributed by atoms with Gasteiger partial charge in [-0.1, -0.05) is 35.0 Å². The van der Waals surface area contributed by atoms with Crippen molar-refractivity contribution in [2.45, 2.75) is 20.8 Å². The second-order valence-corrected chi connectivity index (χ2v) is 4.42. The smallest absolute Gasteiger partial charge is 0.338 e. The normalized spacial score (nSPS) is 11.1. The van der Waals surface area contributed by atoms with Crippen molar-refractivity contribution in [3.8, 4) is 0 Å². The third-order valence-electron chi connectivity index (χ3n) is 2.90. The Hall–Kier alpha value is -2.43. The zero-order valence-electron chi connectivity index (χ0n) is 11.0. The average molecular weight is 258 g/mol. The quantitative estimate of drug-likeness (QED) is 0.622. The predicted molar refractivity (Wildman–Crippen MR) is 72.7 cm³/mol. The Bertz CT molecular complexity index is 657. The van der Waals surface area contributed by atoms with Gasteiger partial charge in [0, 0.05) is 6.92 Å². The summed E-state index contributed by atoms with van der Waals surface area (Å²) in [7, 11) is 0. The van der Waals surface area contributed by atoms with Crippen LogP contribution < -0.4 is 0 Å². The van der Waals surface area contributed by atoms with Gasteiger partial charge in [-0.2, -0.15) is 0 Å². The summed E-state index contributed by atoms with van der Waals surface area (Å²) in [5.74, 6) is 0.214. The fourth-order valence-electron chi connectivity index (χ4n) is 1.82. The number of rotatable bonds is 3. The van der Waals surface area contributed by atoms with Crippen molar-refractivity contribution < 1.29 is 9.45 Å². The van der Waals surface area contributed by atoms with Crippen LogP contribution >= 0.6 is 0 Å². The molecule has 2 rings (SSSR count). The Morgan fingerprint density at radius 2 is 2.00 bits per heavy atom. The molecule has 0 saturated carbocycles. The fourth-order valence-corrected chi connectivity index (χ4v) is 1.82. The summed E-state index contributed by atoms with van der Waals surface area (Å²) in [6.45, 7) is 5.52. The summed E-state index contributed by atoms with van der Waals surface area (Å²) in [6.07, 6.45) is 3.42. The van der Waals surface area contributed by atoms with E-state index in [9.17, 15) is 10.1 Å². The van der Waals surface area contributed by atoms with E-state index in [4.69, 9.17) is 4.52 Å². The highest BCUT2D eigenvalue weighted by atomic mass is 16.6. The van der Waals surface area contributed by atoms with Gasteiger partial charge >= 0.3 is 5.69 Å². The molecule has 5 heteroatoms. The van der Waals surface area contributed by atoms with E-state index in [1.165, 1.54) is 6.92 Å². The fraction of sp³-hybridized carbons (Fsp3) is 0.214. The molecule has 1 aromatic carbocycles. The summed E-state index contributed by atoms with van der Waals surface area (Å²) >= 11 is 0. The van der Waals surface area contributed by atoms with Gasteiger partial charge in [-0.05, 0) is 31.1 Å². The highest BCUT2D eigenvalue weighted by Crippen LogP contribution is 2.24. The van der Waals surface area contributed by atoms with Crippen molar-refractivity contribution in [1.82, 2.24) is 5.16 Å². The molecule has 0 N–H and O–H groups in total. The molecule has 0 aliphatic carbocycles. The maximum absolute atomic E-state index is 10.9. The summed E-state index contributed by atoms with van der Waals surface area (Å²) in [6, 6.07) is 6.05. The molecule has 98 valence electrons. The molecule has 0 bridgehead atoms. The van der Waals surface area contributed by atoms with Crippen LogP contribution in [0.2, 0.25) is 0 Å². The summed E-state index contributed by atoms with van der Waals surface area (Å²) in [5.41, 5.74) is 3.40. The van der Waals surface area contributed by atoms with Gasteiger partial charge in [-0.25, -0.2) is 0 Å². The lowest BCUT2D eigenvalue weighted by Gasteiger charge is -2.00. The number of aromatic nitrogens is 1. The van der Waals surface area contributed by atoms with Gasteiger partial charge in [0.05, 0.1) is 4.92 Å². The number of aryl methyl sites for hydroxylation is 3. The van der Waals surface area contributed by atoms with Gasteiger partial charge in [0.25, 0.3) is 0 Å². The number of nitrogens with zero attached hydrogens (tertiary/aromatic N) is 2. The second-order valence-electron chi connectivity index (χ2n) is 4.42. The van der Waals surface area contributed by atoms with Gasteiger partial charge in [0.1, 0.15) is 0 Å².